The Morgan fingerprint density at radius 2 is 1.78 bits per heavy atom. The van der Waals surface area contributed by atoms with E-state index < -0.39 is 0 Å². The van der Waals surface area contributed by atoms with Crippen molar-refractivity contribution in [1.29, 1.82) is 0 Å². The van der Waals surface area contributed by atoms with E-state index in [4.69, 9.17) is 4.74 Å². The van der Waals surface area contributed by atoms with Gasteiger partial charge in [0.15, 0.2) is 0 Å². The molecule has 2 aromatic carbocycles. The van der Waals surface area contributed by atoms with Gasteiger partial charge in [-0.3, -0.25) is 9.69 Å². The molecule has 2 heterocycles. The van der Waals surface area contributed by atoms with Crippen molar-refractivity contribution >= 4 is 28.5 Å². The fourth-order valence-electron chi connectivity index (χ4n) is 3.31. The quantitative estimate of drug-likeness (QED) is 0.688. The number of nitrogens with one attached hydrogen (secondary N) is 3. The summed E-state index contributed by atoms with van der Waals surface area (Å²) in [5.41, 5.74) is 4.47. The van der Waals surface area contributed by atoms with E-state index in [1.54, 1.807) is 6.20 Å². The minimum atomic E-state index is -0.0786. The molecule has 2 aromatic rings. The summed E-state index contributed by atoms with van der Waals surface area (Å²) in [5, 5.41) is 9.54. The summed E-state index contributed by atoms with van der Waals surface area (Å²) in [4.78, 5) is 14.5. The number of nitrogens with zero attached hydrogens (tertiary/aromatic N) is 1. The van der Waals surface area contributed by atoms with Gasteiger partial charge in [0.25, 0.3) is 5.91 Å². The highest BCUT2D eigenvalue weighted by atomic mass is 16.5. The second kappa shape index (κ2) is 8.24. The molecule has 2 aliphatic heterocycles. The van der Waals surface area contributed by atoms with Crippen molar-refractivity contribution in [1.82, 2.24) is 4.90 Å². The number of benzene rings is 2. The Labute approximate surface area is 159 Å². The average Bonchev–Trinajstić information content (AvgIpc) is 3.03. The number of hydrogen-bond acceptors (Lipinski definition) is 5. The molecule has 0 aliphatic carbocycles. The molecule has 1 fully saturated rings. The maximum absolute atomic E-state index is 12.1. The highest BCUT2D eigenvalue weighted by Gasteiger charge is 2.23. The number of fused-ring (bicyclic) bond motifs is 1. The van der Waals surface area contributed by atoms with Crippen LogP contribution in [-0.4, -0.2) is 50.2 Å². The molecular formula is C21H24N4O2. The van der Waals surface area contributed by atoms with Gasteiger partial charge in [-0.15, -0.1) is 0 Å². The number of hydrogen-bond donors (Lipinski definition) is 3. The topological polar surface area (TPSA) is 65.6 Å². The first kappa shape index (κ1) is 17.6. The van der Waals surface area contributed by atoms with Crippen molar-refractivity contribution in [3.8, 4) is 0 Å². The van der Waals surface area contributed by atoms with Crippen molar-refractivity contribution in [3.63, 3.8) is 0 Å². The van der Waals surface area contributed by atoms with Gasteiger partial charge in [-0.2, -0.15) is 0 Å². The second-order valence-electron chi connectivity index (χ2n) is 6.66. The molecule has 6 nitrogen and oxygen atoms in total. The third-order valence-corrected chi connectivity index (χ3v) is 4.84. The summed E-state index contributed by atoms with van der Waals surface area (Å²) in [5.74, 6) is -0.0786. The first-order valence-corrected chi connectivity index (χ1v) is 9.31. The summed E-state index contributed by atoms with van der Waals surface area (Å²) >= 11 is 0. The highest BCUT2D eigenvalue weighted by Crippen LogP contribution is 2.31. The van der Waals surface area contributed by atoms with Crippen LogP contribution in [0, 0.1) is 0 Å². The molecule has 0 radical (unpaired) electrons. The Balaban J connectivity index is 1.31. The smallest absolute Gasteiger partial charge is 0.257 e. The monoisotopic (exact) mass is 364 g/mol. The van der Waals surface area contributed by atoms with Crippen LogP contribution >= 0.6 is 0 Å². The van der Waals surface area contributed by atoms with E-state index in [1.165, 1.54) is 0 Å². The van der Waals surface area contributed by atoms with Crippen molar-refractivity contribution in [2.24, 2.45) is 0 Å². The molecular weight excluding hydrogens is 340 g/mol. The van der Waals surface area contributed by atoms with Crippen LogP contribution in [0.3, 0.4) is 0 Å². The summed E-state index contributed by atoms with van der Waals surface area (Å²) in [6.07, 6.45) is 1.77. The first-order valence-electron chi connectivity index (χ1n) is 9.31. The predicted molar refractivity (Wildman–Crippen MR) is 109 cm³/mol. The lowest BCUT2D eigenvalue weighted by molar-refractivity contribution is -0.110. The maximum Gasteiger partial charge on any atom is 0.257 e. The summed E-state index contributed by atoms with van der Waals surface area (Å²) in [6.45, 7) is 5.61. The van der Waals surface area contributed by atoms with E-state index in [0.29, 0.717) is 5.57 Å². The van der Waals surface area contributed by atoms with Crippen LogP contribution in [0.4, 0.5) is 17.1 Å². The molecule has 3 N–H and O–H groups in total. The van der Waals surface area contributed by atoms with Crippen LogP contribution in [0.2, 0.25) is 0 Å². The Morgan fingerprint density at radius 3 is 2.59 bits per heavy atom. The van der Waals surface area contributed by atoms with Gasteiger partial charge in [0.1, 0.15) is 0 Å². The van der Waals surface area contributed by atoms with Gasteiger partial charge >= 0.3 is 0 Å². The molecule has 6 heteroatoms. The predicted octanol–water partition coefficient (Wildman–Crippen LogP) is 2.84. The lowest BCUT2D eigenvalue weighted by Crippen LogP contribution is -2.38. The number of carbonyl (C=O) groups excluding carboxylic acids is 1. The molecule has 0 aromatic heterocycles. The maximum atomic E-state index is 12.1. The molecule has 140 valence electrons. The number of rotatable bonds is 6. The number of morpholine rings is 1. The molecule has 1 amide bonds. The third kappa shape index (κ3) is 4.30. The van der Waals surface area contributed by atoms with E-state index in [1.807, 2.05) is 48.5 Å². The average molecular weight is 364 g/mol. The third-order valence-electron chi connectivity index (χ3n) is 4.84. The van der Waals surface area contributed by atoms with Crippen LogP contribution in [0.25, 0.3) is 5.57 Å². The van der Waals surface area contributed by atoms with E-state index in [2.05, 4.69) is 20.9 Å². The number of ether oxygens (including phenoxy) is 1. The fraction of sp³-hybridized carbons (Fsp3) is 0.286. The van der Waals surface area contributed by atoms with Gasteiger partial charge in [0, 0.05) is 55.0 Å². The zero-order valence-corrected chi connectivity index (χ0v) is 15.2. The minimum absolute atomic E-state index is 0.0786. The van der Waals surface area contributed by atoms with Crippen molar-refractivity contribution in [2.45, 2.75) is 0 Å². The normalized spacial score (nSPS) is 18.2. The van der Waals surface area contributed by atoms with Crippen LogP contribution in [-0.2, 0) is 9.53 Å². The van der Waals surface area contributed by atoms with E-state index in [-0.39, 0.29) is 5.91 Å². The van der Waals surface area contributed by atoms with Gasteiger partial charge in [-0.25, -0.2) is 0 Å². The van der Waals surface area contributed by atoms with Crippen molar-refractivity contribution in [3.05, 3.63) is 60.3 Å². The van der Waals surface area contributed by atoms with Crippen LogP contribution in [0.1, 0.15) is 5.56 Å². The highest BCUT2D eigenvalue weighted by molar-refractivity contribution is 6.31. The molecule has 4 rings (SSSR count). The summed E-state index contributed by atoms with van der Waals surface area (Å²) in [7, 11) is 0. The molecule has 0 bridgehead atoms. The standard InChI is InChI=1S/C21H24N4O2/c26-21-19(18-3-1-2-4-20(18)24-21)15-23-17-7-5-16(6-8-17)22-9-10-25-11-13-27-14-12-25/h1-8,15,22-23H,9-14H2,(H,24,26)/b19-15+. The number of para-hydroxylation sites is 1. The molecule has 27 heavy (non-hydrogen) atoms. The Bertz CT molecular complexity index is 826. The van der Waals surface area contributed by atoms with Crippen LogP contribution in [0.5, 0.6) is 0 Å². The Kier molecular flexibility index (Phi) is 5.37. The van der Waals surface area contributed by atoms with Crippen molar-refractivity contribution in [2.75, 3.05) is 55.3 Å². The molecule has 0 atom stereocenters. The molecule has 0 spiro atoms. The fourth-order valence-corrected chi connectivity index (χ4v) is 3.31. The summed E-state index contributed by atoms with van der Waals surface area (Å²) < 4.78 is 5.36. The van der Waals surface area contributed by atoms with Gasteiger partial charge in [0.2, 0.25) is 0 Å². The summed E-state index contributed by atoms with van der Waals surface area (Å²) in [6, 6.07) is 15.8. The number of amides is 1. The zero-order chi connectivity index (χ0) is 18.5. The zero-order valence-electron chi connectivity index (χ0n) is 15.2. The largest absolute Gasteiger partial charge is 0.384 e. The number of anilines is 3. The van der Waals surface area contributed by atoms with Crippen LogP contribution < -0.4 is 16.0 Å². The molecule has 0 unspecified atom stereocenters. The van der Waals surface area contributed by atoms with Gasteiger partial charge in [-0.1, -0.05) is 18.2 Å². The van der Waals surface area contributed by atoms with E-state index >= 15 is 0 Å². The molecule has 0 saturated carbocycles. The Morgan fingerprint density at radius 1 is 1.04 bits per heavy atom. The lowest BCUT2D eigenvalue weighted by Gasteiger charge is -2.26. The van der Waals surface area contributed by atoms with E-state index in [9.17, 15) is 4.79 Å². The number of carbonyl (C=O) groups is 1. The van der Waals surface area contributed by atoms with E-state index in [0.717, 1.165) is 62.0 Å². The Hall–Kier alpha value is -2.83. The molecule has 1 saturated heterocycles. The second-order valence-corrected chi connectivity index (χ2v) is 6.66. The first-order chi connectivity index (χ1) is 13.3. The van der Waals surface area contributed by atoms with Crippen molar-refractivity contribution < 1.29 is 9.53 Å². The lowest BCUT2D eigenvalue weighted by atomic mass is 10.1. The molecule has 2 aliphatic rings. The van der Waals surface area contributed by atoms with Crippen LogP contribution in [0.15, 0.2) is 54.7 Å². The minimum Gasteiger partial charge on any atom is -0.384 e. The van der Waals surface area contributed by atoms with Gasteiger partial charge < -0.3 is 20.7 Å². The SMILES string of the molecule is O=C1Nc2ccccc2/C1=C\Nc1ccc(NCCN2CCOCC2)cc1. The van der Waals surface area contributed by atoms with Gasteiger partial charge in [-0.05, 0) is 30.3 Å². The van der Waals surface area contributed by atoms with Gasteiger partial charge in [0.05, 0.1) is 18.8 Å².